The number of phenols is 1. The highest BCUT2D eigenvalue weighted by molar-refractivity contribution is 5.94. The normalized spacial score (nSPS) is 12.5. The monoisotopic (exact) mass is 492 g/mol. The summed E-state index contributed by atoms with van der Waals surface area (Å²) in [5.41, 5.74) is 0.771. The Morgan fingerprint density at radius 3 is 1.94 bits per heavy atom. The molecule has 0 radical (unpaired) electrons. The third kappa shape index (κ3) is 6.74. The van der Waals surface area contributed by atoms with Gasteiger partial charge in [-0.2, -0.15) is 0 Å². The quantitative estimate of drug-likeness (QED) is 0.529. The first-order chi connectivity index (χ1) is 16.7. The molecule has 10 heteroatoms. The van der Waals surface area contributed by atoms with Crippen molar-refractivity contribution in [1.29, 1.82) is 0 Å². The van der Waals surface area contributed by atoms with Gasteiger partial charge in [-0.15, -0.1) is 20.4 Å². The third-order valence-corrected chi connectivity index (χ3v) is 5.10. The highest BCUT2D eigenvalue weighted by atomic mass is 16.6. The van der Waals surface area contributed by atoms with Crippen molar-refractivity contribution in [1.82, 2.24) is 25.3 Å². The fourth-order valence-electron chi connectivity index (χ4n) is 3.13. The van der Waals surface area contributed by atoms with Crippen LogP contribution in [0.3, 0.4) is 0 Å². The number of carbonyl (C=O) groups is 2. The van der Waals surface area contributed by atoms with Crippen molar-refractivity contribution in [3.8, 4) is 17.1 Å². The van der Waals surface area contributed by atoms with E-state index in [9.17, 15) is 14.7 Å². The van der Waals surface area contributed by atoms with E-state index in [1.165, 1.54) is 17.0 Å². The zero-order valence-corrected chi connectivity index (χ0v) is 21.6. The van der Waals surface area contributed by atoms with E-state index in [2.05, 4.69) is 25.7 Å². The van der Waals surface area contributed by atoms with Gasteiger partial charge in [0.05, 0.1) is 0 Å². The van der Waals surface area contributed by atoms with Crippen molar-refractivity contribution in [3.63, 3.8) is 0 Å². The minimum Gasteiger partial charge on any atom is -0.508 e. The maximum atomic E-state index is 12.8. The van der Waals surface area contributed by atoms with Crippen LogP contribution in [0.1, 0.15) is 59.0 Å². The van der Waals surface area contributed by atoms with Crippen LogP contribution in [0.25, 0.3) is 11.4 Å². The summed E-state index contributed by atoms with van der Waals surface area (Å²) in [6.45, 7) is 10.9. The predicted octanol–water partition coefficient (Wildman–Crippen LogP) is 4.58. The summed E-state index contributed by atoms with van der Waals surface area (Å²) in [6.07, 6.45) is -0.568. The number of ether oxygens (including phenoxy) is 1. The van der Waals surface area contributed by atoms with E-state index in [0.29, 0.717) is 16.8 Å². The zero-order chi connectivity index (χ0) is 26.7. The summed E-state index contributed by atoms with van der Waals surface area (Å²) in [6, 6.07) is 12.7. The van der Waals surface area contributed by atoms with Gasteiger partial charge in [-0.25, -0.2) is 4.79 Å². The van der Waals surface area contributed by atoms with Gasteiger partial charge >= 0.3 is 6.09 Å². The van der Waals surface area contributed by atoms with Gasteiger partial charge in [0, 0.05) is 23.7 Å². The molecule has 0 aliphatic rings. The fraction of sp³-hybridized carbons (Fsp3) is 0.385. The highest BCUT2D eigenvalue weighted by Gasteiger charge is 2.30. The van der Waals surface area contributed by atoms with E-state index in [4.69, 9.17) is 4.74 Å². The second kappa shape index (κ2) is 10.3. The fourth-order valence-corrected chi connectivity index (χ4v) is 3.13. The molecule has 1 atom stereocenters. The van der Waals surface area contributed by atoms with Gasteiger partial charge in [0.1, 0.15) is 17.4 Å². The van der Waals surface area contributed by atoms with Crippen LogP contribution in [0, 0.1) is 5.41 Å². The van der Waals surface area contributed by atoms with E-state index in [1.807, 2.05) is 20.8 Å². The number of hydrogen-bond donors (Lipinski definition) is 2. The molecule has 0 fully saturated rings. The second-order valence-electron chi connectivity index (χ2n) is 10.4. The molecule has 0 bridgehead atoms. The number of rotatable bonds is 5. The number of carbonyl (C=O) groups excluding carboxylic acids is 2. The van der Waals surface area contributed by atoms with Crippen LogP contribution in [0.15, 0.2) is 48.5 Å². The molecular formula is C26H32N6O4. The number of benzene rings is 2. The first-order valence-electron chi connectivity index (χ1n) is 11.5. The molecule has 10 nitrogen and oxygen atoms in total. The number of anilines is 1. The van der Waals surface area contributed by atoms with Crippen LogP contribution in [-0.4, -0.2) is 55.1 Å². The second-order valence-corrected chi connectivity index (χ2v) is 10.4. The van der Waals surface area contributed by atoms with Gasteiger partial charge < -0.3 is 15.2 Å². The van der Waals surface area contributed by atoms with E-state index in [1.54, 1.807) is 64.2 Å². The lowest BCUT2D eigenvalue weighted by molar-refractivity contribution is -0.123. The van der Waals surface area contributed by atoms with Crippen LogP contribution < -0.4 is 5.32 Å². The van der Waals surface area contributed by atoms with E-state index in [-0.39, 0.29) is 23.3 Å². The summed E-state index contributed by atoms with van der Waals surface area (Å²) in [5, 5.41) is 29.5. The first kappa shape index (κ1) is 26.5. The van der Waals surface area contributed by atoms with E-state index in [0.717, 1.165) is 0 Å². The Balaban J connectivity index is 1.87. The number of phenolic OH excluding ortho intramolecular Hbond substituents is 1. The summed E-state index contributed by atoms with van der Waals surface area (Å²) >= 11 is 0. The van der Waals surface area contributed by atoms with Crippen LogP contribution in [0.2, 0.25) is 0 Å². The predicted molar refractivity (Wildman–Crippen MR) is 135 cm³/mol. The summed E-state index contributed by atoms with van der Waals surface area (Å²) < 4.78 is 5.51. The zero-order valence-electron chi connectivity index (χ0n) is 21.6. The van der Waals surface area contributed by atoms with Crippen LogP contribution in [0.5, 0.6) is 5.75 Å². The molecule has 3 rings (SSSR count). The number of nitrogens with one attached hydrogen (secondary N) is 1. The average Bonchev–Trinajstić information content (AvgIpc) is 2.79. The number of amides is 2. The van der Waals surface area contributed by atoms with Crippen molar-refractivity contribution >= 4 is 17.7 Å². The van der Waals surface area contributed by atoms with Crippen LogP contribution in [0.4, 0.5) is 10.5 Å². The van der Waals surface area contributed by atoms with Gasteiger partial charge in [-0.05, 0) is 62.7 Å². The lowest BCUT2D eigenvalue weighted by Crippen LogP contribution is -2.38. The standard InChI is InChI=1S/C26H32N6O4/c1-25(2,3)23(34)27-18-12-8-17(9-13-18)21-28-30-22(31-29-21)20(16-10-14-19(33)15-11-16)32(7)24(35)36-26(4,5)6/h8-15,20,33H,1-7H3,(H,27,34). The average molecular weight is 493 g/mol. The minimum absolute atomic E-state index is 0.0893. The van der Waals surface area contributed by atoms with Crippen molar-refractivity contribution in [2.24, 2.45) is 5.41 Å². The topological polar surface area (TPSA) is 130 Å². The molecule has 0 saturated carbocycles. The molecule has 0 spiro atoms. The van der Waals surface area contributed by atoms with Gasteiger partial charge in [0.25, 0.3) is 0 Å². The molecule has 0 aliphatic carbocycles. The molecule has 190 valence electrons. The van der Waals surface area contributed by atoms with Crippen molar-refractivity contribution in [3.05, 3.63) is 59.9 Å². The number of aromatic hydroxyl groups is 1. The maximum absolute atomic E-state index is 12.8. The number of nitrogens with zero attached hydrogens (tertiary/aromatic N) is 5. The molecular weight excluding hydrogens is 460 g/mol. The third-order valence-electron chi connectivity index (χ3n) is 5.10. The Morgan fingerprint density at radius 1 is 0.889 bits per heavy atom. The summed E-state index contributed by atoms with van der Waals surface area (Å²) in [4.78, 5) is 26.4. The molecule has 1 unspecified atom stereocenters. The smallest absolute Gasteiger partial charge is 0.410 e. The maximum Gasteiger partial charge on any atom is 0.410 e. The largest absolute Gasteiger partial charge is 0.508 e. The Morgan fingerprint density at radius 2 is 1.44 bits per heavy atom. The van der Waals surface area contributed by atoms with Gasteiger partial charge in [0.15, 0.2) is 0 Å². The molecule has 0 aliphatic heterocycles. The molecule has 2 aromatic carbocycles. The molecule has 1 aromatic heterocycles. The Bertz CT molecular complexity index is 1200. The minimum atomic E-state index is -0.746. The van der Waals surface area contributed by atoms with Crippen molar-refractivity contribution in [2.75, 3.05) is 12.4 Å². The summed E-state index contributed by atoms with van der Waals surface area (Å²) in [5.74, 6) is 0.476. The Kier molecular flexibility index (Phi) is 7.57. The Labute approximate surface area is 210 Å². The van der Waals surface area contributed by atoms with Gasteiger partial charge in [0.2, 0.25) is 17.6 Å². The lowest BCUT2D eigenvalue weighted by atomic mass is 9.95. The van der Waals surface area contributed by atoms with Crippen LogP contribution >= 0.6 is 0 Å². The van der Waals surface area contributed by atoms with Crippen molar-refractivity contribution in [2.45, 2.75) is 53.2 Å². The lowest BCUT2D eigenvalue weighted by Gasteiger charge is -2.29. The molecule has 2 amide bonds. The number of hydrogen-bond acceptors (Lipinski definition) is 8. The molecule has 2 N–H and O–H groups in total. The molecule has 0 saturated heterocycles. The van der Waals surface area contributed by atoms with Gasteiger partial charge in [-0.1, -0.05) is 32.9 Å². The molecule has 3 aromatic rings. The van der Waals surface area contributed by atoms with E-state index >= 15 is 0 Å². The van der Waals surface area contributed by atoms with Crippen LogP contribution in [-0.2, 0) is 9.53 Å². The molecule has 1 heterocycles. The first-order valence-corrected chi connectivity index (χ1v) is 11.5. The SMILES string of the molecule is CN(C(=O)OC(C)(C)C)C(c1ccc(O)cc1)c1nnc(-c2ccc(NC(=O)C(C)(C)C)cc2)nn1. The Hall–Kier alpha value is -4.08. The van der Waals surface area contributed by atoms with Crippen molar-refractivity contribution < 1.29 is 19.4 Å². The summed E-state index contributed by atoms with van der Waals surface area (Å²) in [7, 11) is 1.58. The van der Waals surface area contributed by atoms with Gasteiger partial charge in [-0.3, -0.25) is 9.69 Å². The number of aromatic nitrogens is 4. The van der Waals surface area contributed by atoms with E-state index < -0.39 is 23.2 Å². The molecule has 36 heavy (non-hydrogen) atoms. The highest BCUT2D eigenvalue weighted by Crippen LogP contribution is 2.28.